The molecule has 1 aliphatic rings. The van der Waals surface area contributed by atoms with E-state index in [1.54, 1.807) is 52.0 Å². The van der Waals surface area contributed by atoms with Gasteiger partial charge in [-0.1, -0.05) is 88.6 Å². The van der Waals surface area contributed by atoms with Gasteiger partial charge in [0.05, 0.1) is 78.8 Å². The van der Waals surface area contributed by atoms with Crippen LogP contribution in [-0.2, 0) is 47.7 Å². The van der Waals surface area contributed by atoms with E-state index in [-0.39, 0.29) is 73.5 Å². The highest BCUT2D eigenvalue weighted by Crippen LogP contribution is 2.61. The molecule has 0 atom stereocenters. The highest BCUT2D eigenvalue weighted by Gasteiger charge is 2.33. The fraction of sp³-hybridized carbons (Fsp3) is 0.368. The number of thioether (sulfide) groups is 2. The van der Waals surface area contributed by atoms with Crippen molar-refractivity contribution < 1.29 is 57.2 Å². The summed E-state index contributed by atoms with van der Waals surface area (Å²) in [5.74, 6) is -4.00. The highest BCUT2D eigenvalue weighted by atomic mass is 32.2. The second-order valence-corrected chi connectivity index (χ2v) is 15.4. The topological polar surface area (TPSA) is 186 Å². The summed E-state index contributed by atoms with van der Waals surface area (Å²) in [5.41, 5.74) is -1.62. The summed E-state index contributed by atoms with van der Waals surface area (Å²) < 4.78 is 32.5. The third-order valence-corrected chi connectivity index (χ3v) is 9.70. The summed E-state index contributed by atoms with van der Waals surface area (Å²) in [6, 6.07) is 8.44. The Hall–Kier alpha value is -5.58. The van der Waals surface area contributed by atoms with E-state index in [1.807, 2.05) is 6.07 Å². The van der Waals surface area contributed by atoms with E-state index in [1.165, 1.54) is 0 Å². The molecule has 3 rings (SSSR count). The Morgan fingerprint density at radius 3 is 1.43 bits per heavy atom. The van der Waals surface area contributed by atoms with Gasteiger partial charge >= 0.3 is 35.8 Å². The Morgan fingerprint density at radius 1 is 0.704 bits per heavy atom. The van der Waals surface area contributed by atoms with Crippen molar-refractivity contribution in [1.29, 1.82) is 5.26 Å². The van der Waals surface area contributed by atoms with E-state index in [4.69, 9.17) is 35.0 Å². The van der Waals surface area contributed by atoms with E-state index < -0.39 is 46.6 Å². The van der Waals surface area contributed by atoms with Crippen LogP contribution in [0.5, 0.6) is 11.5 Å². The number of carbonyl (C=O) groups is 6. The Balaban J connectivity index is 1.77. The van der Waals surface area contributed by atoms with Crippen LogP contribution in [0.25, 0.3) is 15.6 Å². The lowest BCUT2D eigenvalue weighted by Gasteiger charge is -2.23. The first-order chi connectivity index (χ1) is 25.5. The van der Waals surface area contributed by atoms with Gasteiger partial charge in [-0.25, -0.2) is 19.7 Å². The molecule has 54 heavy (non-hydrogen) atoms. The van der Waals surface area contributed by atoms with Crippen LogP contribution >= 0.6 is 23.5 Å². The first-order valence-electron chi connectivity index (χ1n) is 16.3. The van der Waals surface area contributed by atoms with E-state index in [0.29, 0.717) is 20.6 Å². The lowest BCUT2D eigenvalue weighted by molar-refractivity contribution is -0.153. The van der Waals surface area contributed by atoms with Gasteiger partial charge in [0.15, 0.2) is 11.5 Å². The molecular weight excluding hydrogens is 741 g/mol. The molecule has 0 aromatic heterocycles. The number of carbonyl (C=O) groups excluding carboxylic acids is 6. The normalized spacial score (nSPS) is 11.9. The zero-order chi connectivity index (χ0) is 40.1. The van der Waals surface area contributed by atoms with Crippen molar-refractivity contribution >= 4 is 70.1 Å². The number of esters is 6. The van der Waals surface area contributed by atoms with Crippen molar-refractivity contribution in [2.75, 3.05) is 26.4 Å². The van der Waals surface area contributed by atoms with Gasteiger partial charge in [0.1, 0.15) is 0 Å². The molecule has 0 fully saturated rings. The molecule has 1 heterocycles. The van der Waals surface area contributed by atoms with Gasteiger partial charge in [0.25, 0.3) is 5.70 Å². The van der Waals surface area contributed by atoms with Gasteiger partial charge in [-0.3, -0.25) is 19.2 Å². The number of fused-ring (bicyclic) bond motifs is 2. The number of allylic oxidation sites excluding steroid dienone is 1. The molecule has 0 spiro atoms. The van der Waals surface area contributed by atoms with Gasteiger partial charge in [0.2, 0.25) is 0 Å². The summed E-state index contributed by atoms with van der Waals surface area (Å²) in [5, 5.41) is 10.3. The molecular formula is C38H38N2O12S2. The quantitative estimate of drug-likeness (QED) is 0.0392. The zero-order valence-corrected chi connectivity index (χ0v) is 31.8. The SMILES string of the molecule is [C-]#[N+]C(C#N)=C1Sc2c(c(OC(=O)CCC(=O)OCC(C)(C)COC(=O)C=C)c3ccccc3c2OC(=O)CCC(=O)OCC(C)(C)COC(=O)C=C)S1. The van der Waals surface area contributed by atoms with Gasteiger partial charge < -0.3 is 28.4 Å². The molecule has 2 aromatic carbocycles. The maximum atomic E-state index is 13.1. The minimum atomic E-state index is -0.780. The van der Waals surface area contributed by atoms with Crippen LogP contribution in [0.15, 0.2) is 69.3 Å². The summed E-state index contributed by atoms with van der Waals surface area (Å²) >= 11 is 1.98. The summed E-state index contributed by atoms with van der Waals surface area (Å²) in [6.07, 6.45) is 0.699. The molecule has 1 aliphatic heterocycles. The average Bonchev–Trinajstić information content (AvgIpc) is 3.59. The number of rotatable bonds is 18. The third kappa shape index (κ3) is 12.5. The Bertz CT molecular complexity index is 1830. The molecule has 0 N–H and O–H groups in total. The molecule has 0 amide bonds. The van der Waals surface area contributed by atoms with Crippen molar-refractivity contribution in [3.8, 4) is 17.6 Å². The van der Waals surface area contributed by atoms with Crippen molar-refractivity contribution in [2.24, 2.45) is 10.8 Å². The molecule has 0 bridgehead atoms. The molecule has 2 aromatic rings. The van der Waals surface area contributed by atoms with E-state index in [2.05, 4.69) is 18.0 Å². The second-order valence-electron chi connectivity index (χ2n) is 13.1. The van der Waals surface area contributed by atoms with Crippen LogP contribution in [0.3, 0.4) is 0 Å². The molecule has 0 unspecified atom stereocenters. The minimum absolute atomic E-state index is 0.0210. The predicted molar refractivity (Wildman–Crippen MR) is 196 cm³/mol. The smallest absolute Gasteiger partial charge is 0.330 e. The standard InChI is InChI=1S/C38H38N2O12S2/c1-8-26(41)47-19-37(3,4)21-49-28(43)14-16-30(45)51-32-23-12-10-11-13-24(23)33(35-34(32)53-36(54-35)25(18-39)40-7)52-31(46)17-15-29(44)50-22-38(5,6)20-48-27(42)9-2/h8-13H,1-2,14-17,19-22H2,3-6H3. The zero-order valence-electron chi connectivity index (χ0n) is 30.1. The lowest BCUT2D eigenvalue weighted by atomic mass is 9.96. The van der Waals surface area contributed by atoms with Crippen LogP contribution in [0.2, 0.25) is 0 Å². The fourth-order valence-electron chi connectivity index (χ4n) is 4.31. The minimum Gasteiger partial charge on any atom is -0.465 e. The van der Waals surface area contributed by atoms with Crippen LogP contribution in [-0.4, -0.2) is 62.2 Å². The average molecular weight is 779 g/mol. The van der Waals surface area contributed by atoms with E-state index in [9.17, 15) is 34.0 Å². The van der Waals surface area contributed by atoms with Gasteiger partial charge in [-0.2, -0.15) is 0 Å². The summed E-state index contributed by atoms with van der Waals surface area (Å²) in [4.78, 5) is 77.9. The van der Waals surface area contributed by atoms with E-state index in [0.717, 1.165) is 35.7 Å². The fourth-order valence-corrected chi connectivity index (χ4v) is 6.83. The highest BCUT2D eigenvalue weighted by molar-refractivity contribution is 8.24. The number of hydrogen-bond acceptors (Lipinski definition) is 15. The number of hydrogen-bond donors (Lipinski definition) is 0. The first-order valence-corrected chi connectivity index (χ1v) is 17.9. The third-order valence-electron chi connectivity index (χ3n) is 7.13. The monoisotopic (exact) mass is 778 g/mol. The van der Waals surface area contributed by atoms with Crippen molar-refractivity contribution in [3.63, 3.8) is 0 Å². The van der Waals surface area contributed by atoms with Gasteiger partial charge in [0, 0.05) is 33.8 Å². The first kappa shape index (κ1) is 42.8. The molecule has 16 heteroatoms. The second kappa shape index (κ2) is 19.5. The van der Waals surface area contributed by atoms with Crippen LogP contribution < -0.4 is 9.47 Å². The number of ether oxygens (including phenoxy) is 6. The Morgan fingerprint density at radius 2 is 1.07 bits per heavy atom. The molecule has 14 nitrogen and oxygen atoms in total. The maximum Gasteiger partial charge on any atom is 0.330 e. The Kier molecular flexibility index (Phi) is 15.5. The molecule has 0 saturated carbocycles. The molecule has 0 saturated heterocycles. The van der Waals surface area contributed by atoms with Crippen LogP contribution in [0.1, 0.15) is 53.4 Å². The predicted octanol–water partition coefficient (Wildman–Crippen LogP) is 6.62. The molecule has 284 valence electrons. The van der Waals surface area contributed by atoms with Gasteiger partial charge in [-0.15, -0.1) is 0 Å². The van der Waals surface area contributed by atoms with Crippen LogP contribution in [0.4, 0.5) is 0 Å². The summed E-state index contributed by atoms with van der Waals surface area (Å²) in [7, 11) is 0. The lowest BCUT2D eigenvalue weighted by Crippen LogP contribution is -2.28. The van der Waals surface area contributed by atoms with Crippen molar-refractivity contribution in [3.05, 3.63) is 70.9 Å². The van der Waals surface area contributed by atoms with Crippen LogP contribution in [0, 0.1) is 28.7 Å². The van der Waals surface area contributed by atoms with Crippen molar-refractivity contribution in [1.82, 2.24) is 0 Å². The van der Waals surface area contributed by atoms with E-state index >= 15 is 0 Å². The molecule has 0 aliphatic carbocycles. The summed E-state index contributed by atoms with van der Waals surface area (Å²) in [6.45, 7) is 20.8. The number of benzene rings is 2. The van der Waals surface area contributed by atoms with Gasteiger partial charge in [-0.05, 0) is 0 Å². The maximum absolute atomic E-state index is 13.1. The Labute approximate surface area is 320 Å². The van der Waals surface area contributed by atoms with Crippen molar-refractivity contribution in [2.45, 2.75) is 63.2 Å². The molecule has 0 radical (unpaired) electrons. The number of nitrogens with zero attached hydrogens (tertiary/aromatic N) is 2. The number of nitriles is 1. The largest absolute Gasteiger partial charge is 0.465 e.